The number of amidine groups is 1. The molecule has 9 nitrogen and oxygen atoms in total. The summed E-state index contributed by atoms with van der Waals surface area (Å²) in [6.45, 7) is 1.84. The molecule has 0 bridgehead atoms. The number of nitro benzene ring substituents is 1. The van der Waals surface area contributed by atoms with Crippen molar-refractivity contribution in [3.63, 3.8) is 0 Å². The van der Waals surface area contributed by atoms with Gasteiger partial charge in [-0.05, 0) is 43.0 Å². The number of nitrogens with zero attached hydrogens (tertiary/aromatic N) is 5. The summed E-state index contributed by atoms with van der Waals surface area (Å²) in [6, 6.07) is 9.55. The van der Waals surface area contributed by atoms with Crippen LogP contribution in [0.4, 0.5) is 10.8 Å². The van der Waals surface area contributed by atoms with Gasteiger partial charge in [0.15, 0.2) is 5.17 Å². The molecule has 1 aliphatic rings. The lowest BCUT2D eigenvalue weighted by molar-refractivity contribution is -0.384. The second kappa shape index (κ2) is 7.60. The molecule has 4 rings (SSSR count). The van der Waals surface area contributed by atoms with Crippen LogP contribution in [0.1, 0.15) is 10.8 Å². The molecule has 1 saturated heterocycles. The van der Waals surface area contributed by atoms with E-state index >= 15 is 0 Å². The van der Waals surface area contributed by atoms with Crippen LogP contribution in [-0.2, 0) is 4.79 Å². The van der Waals surface area contributed by atoms with Crippen molar-refractivity contribution in [2.45, 2.75) is 6.92 Å². The third kappa shape index (κ3) is 3.96. The Morgan fingerprint density at radius 3 is 2.62 bits per heavy atom. The molecule has 0 unspecified atom stereocenters. The molecular formula is C18H13N5O4S2. The quantitative estimate of drug-likeness (QED) is 0.347. The van der Waals surface area contributed by atoms with Crippen LogP contribution in [0, 0.1) is 17.0 Å². The van der Waals surface area contributed by atoms with Crippen LogP contribution in [-0.4, -0.2) is 38.1 Å². The maximum absolute atomic E-state index is 12.5. The molecule has 1 fully saturated rings. The second-order valence-electron chi connectivity index (χ2n) is 5.98. The lowest BCUT2D eigenvalue weighted by atomic mass is 10.1. The number of likely N-dealkylation sites (N-methyl/N-ethyl adjacent to an activating group) is 1. The highest BCUT2D eigenvalue weighted by Crippen LogP contribution is 2.34. The van der Waals surface area contributed by atoms with E-state index in [9.17, 15) is 14.9 Å². The zero-order valence-corrected chi connectivity index (χ0v) is 16.9. The van der Waals surface area contributed by atoms with Gasteiger partial charge in [0.05, 0.1) is 9.83 Å². The molecule has 1 aromatic carbocycles. The zero-order chi connectivity index (χ0) is 20.5. The molecule has 0 saturated carbocycles. The number of amides is 1. The van der Waals surface area contributed by atoms with Gasteiger partial charge in [0.1, 0.15) is 16.5 Å². The van der Waals surface area contributed by atoms with Gasteiger partial charge in [-0.25, -0.2) is 0 Å². The molecule has 2 aromatic heterocycles. The number of nitro groups is 1. The van der Waals surface area contributed by atoms with Gasteiger partial charge in [0.25, 0.3) is 11.6 Å². The van der Waals surface area contributed by atoms with E-state index < -0.39 is 4.92 Å². The van der Waals surface area contributed by atoms with Crippen LogP contribution in [0.2, 0.25) is 0 Å². The van der Waals surface area contributed by atoms with Gasteiger partial charge >= 0.3 is 0 Å². The Kier molecular flexibility index (Phi) is 4.99. The Morgan fingerprint density at radius 1 is 1.21 bits per heavy atom. The Balaban J connectivity index is 1.56. The first kappa shape index (κ1) is 19.0. The molecule has 0 spiro atoms. The maximum Gasteiger partial charge on any atom is 0.269 e. The summed E-state index contributed by atoms with van der Waals surface area (Å²) in [4.78, 5) is 29.1. The minimum Gasteiger partial charge on any atom is -0.457 e. The monoisotopic (exact) mass is 427 g/mol. The summed E-state index contributed by atoms with van der Waals surface area (Å²) in [5.74, 6) is 0.854. The van der Waals surface area contributed by atoms with E-state index in [1.165, 1.54) is 40.1 Å². The van der Waals surface area contributed by atoms with E-state index in [4.69, 9.17) is 4.42 Å². The molecule has 29 heavy (non-hydrogen) atoms. The Hall–Kier alpha value is -3.31. The molecular weight excluding hydrogens is 414 g/mol. The van der Waals surface area contributed by atoms with Crippen LogP contribution in [0.15, 0.2) is 50.7 Å². The highest BCUT2D eigenvalue weighted by atomic mass is 32.2. The number of carbonyl (C=O) groups excluding carboxylic acids is 1. The SMILES string of the molecule is Cc1nnc(/N=C2/S/C(=C/c3ccc(-c4ccc([N+](=O)[O-])cc4)o3)C(=O)N2C)s1. The minimum atomic E-state index is -0.455. The van der Waals surface area contributed by atoms with Crippen LogP contribution >= 0.6 is 23.1 Å². The first-order valence-corrected chi connectivity index (χ1v) is 9.95. The number of benzene rings is 1. The number of aryl methyl sites for hydroxylation is 1. The number of carbonyl (C=O) groups is 1. The maximum atomic E-state index is 12.5. The normalized spacial score (nSPS) is 16.9. The van der Waals surface area contributed by atoms with Crippen molar-refractivity contribution in [1.82, 2.24) is 15.1 Å². The van der Waals surface area contributed by atoms with Crippen molar-refractivity contribution in [1.29, 1.82) is 0 Å². The topological polar surface area (TPSA) is 115 Å². The number of aliphatic imine (C=N–C) groups is 1. The zero-order valence-electron chi connectivity index (χ0n) is 15.2. The largest absolute Gasteiger partial charge is 0.457 e. The predicted octanol–water partition coefficient (Wildman–Crippen LogP) is 4.25. The molecule has 11 heteroatoms. The van der Waals surface area contributed by atoms with Gasteiger partial charge in [-0.1, -0.05) is 11.3 Å². The number of non-ortho nitro benzene ring substituents is 1. The number of thioether (sulfide) groups is 1. The molecule has 3 heterocycles. The third-order valence-electron chi connectivity index (χ3n) is 3.97. The lowest BCUT2D eigenvalue weighted by Gasteiger charge is -2.05. The first-order valence-electron chi connectivity index (χ1n) is 8.32. The number of aromatic nitrogens is 2. The molecule has 0 atom stereocenters. The third-order valence-corrected chi connectivity index (χ3v) is 5.77. The van der Waals surface area contributed by atoms with Crippen LogP contribution in [0.25, 0.3) is 17.4 Å². The van der Waals surface area contributed by atoms with Crippen molar-refractivity contribution in [3.8, 4) is 11.3 Å². The van der Waals surface area contributed by atoms with E-state index in [1.54, 1.807) is 37.4 Å². The summed E-state index contributed by atoms with van der Waals surface area (Å²) in [5.41, 5.74) is 0.715. The van der Waals surface area contributed by atoms with Gasteiger partial charge in [0.2, 0.25) is 5.13 Å². The number of rotatable bonds is 4. The van der Waals surface area contributed by atoms with Gasteiger partial charge in [-0.15, -0.1) is 10.2 Å². The van der Waals surface area contributed by atoms with Gasteiger partial charge in [-0.2, -0.15) is 4.99 Å². The summed E-state index contributed by atoms with van der Waals surface area (Å²) in [6.07, 6.45) is 1.65. The van der Waals surface area contributed by atoms with E-state index in [2.05, 4.69) is 15.2 Å². The molecule has 0 N–H and O–H groups in total. The summed E-state index contributed by atoms with van der Waals surface area (Å²) in [5, 5.41) is 20.4. The highest BCUT2D eigenvalue weighted by Gasteiger charge is 2.31. The van der Waals surface area contributed by atoms with Crippen molar-refractivity contribution >= 4 is 51.1 Å². The summed E-state index contributed by atoms with van der Waals surface area (Å²) >= 11 is 2.57. The Labute approximate surface area is 172 Å². The van der Waals surface area contributed by atoms with E-state index in [1.807, 2.05) is 6.92 Å². The summed E-state index contributed by atoms with van der Waals surface area (Å²) < 4.78 is 5.78. The minimum absolute atomic E-state index is 0.0103. The first-order chi connectivity index (χ1) is 13.9. The van der Waals surface area contributed by atoms with Crippen molar-refractivity contribution in [3.05, 3.63) is 62.2 Å². The van der Waals surface area contributed by atoms with Gasteiger partial charge < -0.3 is 4.42 Å². The van der Waals surface area contributed by atoms with Crippen LogP contribution < -0.4 is 0 Å². The number of hydrogen-bond donors (Lipinski definition) is 0. The smallest absolute Gasteiger partial charge is 0.269 e. The molecule has 146 valence electrons. The fourth-order valence-electron chi connectivity index (χ4n) is 2.53. The Bertz CT molecular complexity index is 1160. The van der Waals surface area contributed by atoms with E-state index in [0.717, 1.165) is 5.01 Å². The van der Waals surface area contributed by atoms with E-state index in [-0.39, 0.29) is 11.6 Å². The average molecular weight is 427 g/mol. The van der Waals surface area contributed by atoms with Gasteiger partial charge in [0, 0.05) is 30.8 Å². The lowest BCUT2D eigenvalue weighted by Crippen LogP contribution is -2.23. The predicted molar refractivity (Wildman–Crippen MR) is 111 cm³/mol. The average Bonchev–Trinajstić information content (AvgIpc) is 3.40. The number of hydrogen-bond acceptors (Lipinski definition) is 9. The molecule has 0 radical (unpaired) electrons. The molecule has 1 amide bonds. The van der Waals surface area contributed by atoms with Crippen LogP contribution in [0.5, 0.6) is 0 Å². The van der Waals surface area contributed by atoms with Crippen LogP contribution in [0.3, 0.4) is 0 Å². The molecule has 1 aliphatic heterocycles. The fraction of sp³-hybridized carbons (Fsp3) is 0.111. The van der Waals surface area contributed by atoms with Crippen molar-refractivity contribution in [2.75, 3.05) is 7.05 Å². The second-order valence-corrected chi connectivity index (χ2v) is 8.15. The summed E-state index contributed by atoms with van der Waals surface area (Å²) in [7, 11) is 1.65. The standard InChI is InChI=1S/C18H13N5O4S2/c1-10-20-21-17(28-10)19-18-22(2)16(24)15(29-18)9-13-7-8-14(27-13)11-3-5-12(6-4-11)23(25)26/h3-9H,1-2H3/b15-9+,19-18+. The molecule has 0 aliphatic carbocycles. The van der Waals surface area contributed by atoms with Crippen molar-refractivity contribution < 1.29 is 14.1 Å². The molecule has 3 aromatic rings. The van der Waals surface area contributed by atoms with Gasteiger partial charge in [-0.3, -0.25) is 19.8 Å². The fourth-order valence-corrected chi connectivity index (χ4v) is 4.09. The van der Waals surface area contributed by atoms with Crippen molar-refractivity contribution in [2.24, 2.45) is 4.99 Å². The Morgan fingerprint density at radius 2 is 1.97 bits per heavy atom. The van der Waals surface area contributed by atoms with E-state index in [0.29, 0.717) is 32.3 Å². The highest BCUT2D eigenvalue weighted by molar-refractivity contribution is 8.18. The number of furan rings is 1.